The second-order valence-corrected chi connectivity index (χ2v) is 7.88. The van der Waals surface area contributed by atoms with E-state index < -0.39 is 5.97 Å². The number of benzene rings is 2. The summed E-state index contributed by atoms with van der Waals surface area (Å²) < 4.78 is 15.9. The number of aromatic nitrogens is 2. The monoisotopic (exact) mass is 463 g/mol. The molecule has 0 fully saturated rings. The highest BCUT2D eigenvalue weighted by molar-refractivity contribution is 7.98. The van der Waals surface area contributed by atoms with Crippen molar-refractivity contribution in [1.82, 2.24) is 15.3 Å². The lowest BCUT2D eigenvalue weighted by Gasteiger charge is -2.10. The maximum absolute atomic E-state index is 13.1. The summed E-state index contributed by atoms with van der Waals surface area (Å²) in [6, 6.07) is 14.3. The summed E-state index contributed by atoms with van der Waals surface area (Å²) in [5, 5.41) is 4.35. The largest absolute Gasteiger partial charge is 0.496 e. The average Bonchev–Trinajstić information content (AvgIpc) is 3.24. The Kier molecular flexibility index (Phi) is 6.89. The van der Waals surface area contributed by atoms with Crippen LogP contribution < -0.4 is 10.1 Å². The van der Waals surface area contributed by atoms with Crippen LogP contribution in [-0.2, 0) is 17.0 Å². The molecule has 2 aromatic heterocycles. The quantitative estimate of drug-likeness (QED) is 0.235. The minimum absolute atomic E-state index is 0.193. The average molecular weight is 464 g/mol. The molecule has 4 aromatic rings. The Hall–Kier alpha value is -3.85. The molecule has 0 saturated carbocycles. The van der Waals surface area contributed by atoms with E-state index in [2.05, 4.69) is 15.3 Å². The topological polar surface area (TPSA) is 104 Å². The van der Waals surface area contributed by atoms with Gasteiger partial charge in [0.1, 0.15) is 16.9 Å². The zero-order valence-electron chi connectivity index (χ0n) is 18.0. The number of para-hydroxylation sites is 1. The Bertz CT molecular complexity index is 1290. The first-order valence-corrected chi connectivity index (χ1v) is 11.0. The molecule has 0 aliphatic carbocycles. The minimum atomic E-state index is -0.514. The van der Waals surface area contributed by atoms with E-state index >= 15 is 0 Å². The van der Waals surface area contributed by atoms with Crippen LogP contribution in [0.1, 0.15) is 32.0 Å². The van der Waals surface area contributed by atoms with E-state index in [9.17, 15) is 9.59 Å². The highest BCUT2D eigenvalue weighted by Crippen LogP contribution is 2.31. The van der Waals surface area contributed by atoms with Gasteiger partial charge >= 0.3 is 5.97 Å². The SMILES string of the molecule is COC(=O)c1cc(CNC(=O)c2oc3ccccc3c2CSc2ncccn2)ccc1OC. The number of methoxy groups -OCH3 is 2. The Morgan fingerprint density at radius 2 is 1.85 bits per heavy atom. The molecule has 0 radical (unpaired) electrons. The fourth-order valence-electron chi connectivity index (χ4n) is 3.32. The van der Waals surface area contributed by atoms with Crippen LogP contribution in [0.4, 0.5) is 0 Å². The van der Waals surface area contributed by atoms with Gasteiger partial charge in [-0.1, -0.05) is 36.0 Å². The lowest BCUT2D eigenvalue weighted by molar-refractivity contribution is 0.0597. The molecule has 0 bridgehead atoms. The summed E-state index contributed by atoms with van der Waals surface area (Å²) >= 11 is 1.42. The molecule has 168 valence electrons. The lowest BCUT2D eigenvalue weighted by Crippen LogP contribution is -2.23. The number of rotatable bonds is 8. The van der Waals surface area contributed by atoms with E-state index in [1.165, 1.54) is 26.0 Å². The third-order valence-electron chi connectivity index (χ3n) is 4.91. The van der Waals surface area contributed by atoms with Gasteiger partial charge in [-0.15, -0.1) is 0 Å². The van der Waals surface area contributed by atoms with Crippen molar-refractivity contribution in [3.8, 4) is 5.75 Å². The Morgan fingerprint density at radius 3 is 2.61 bits per heavy atom. The van der Waals surface area contributed by atoms with Crippen LogP contribution in [0.3, 0.4) is 0 Å². The zero-order valence-corrected chi connectivity index (χ0v) is 18.8. The summed E-state index contributed by atoms with van der Waals surface area (Å²) in [6.07, 6.45) is 3.35. The molecule has 0 aliphatic heterocycles. The van der Waals surface area contributed by atoms with Crippen LogP contribution >= 0.6 is 11.8 Å². The molecule has 9 heteroatoms. The maximum Gasteiger partial charge on any atom is 0.341 e. The molecule has 1 amide bonds. The Morgan fingerprint density at radius 1 is 1.06 bits per heavy atom. The standard InChI is InChI=1S/C24H21N3O5S/c1-30-19-9-8-15(12-17(19)23(29)31-2)13-27-22(28)21-18(14-33-24-25-10-5-11-26-24)16-6-3-4-7-20(16)32-21/h3-12H,13-14H2,1-2H3,(H,27,28). The van der Waals surface area contributed by atoms with Crippen molar-refractivity contribution in [1.29, 1.82) is 0 Å². The predicted octanol–water partition coefficient (Wildman–Crippen LogP) is 4.24. The number of carbonyl (C=O) groups is 2. The molecule has 2 aromatic carbocycles. The Labute approximate surface area is 194 Å². The van der Waals surface area contributed by atoms with E-state index in [0.717, 1.165) is 10.9 Å². The van der Waals surface area contributed by atoms with E-state index in [4.69, 9.17) is 13.9 Å². The number of furan rings is 1. The molecule has 8 nitrogen and oxygen atoms in total. The molecule has 0 atom stereocenters. The Balaban J connectivity index is 1.55. The van der Waals surface area contributed by atoms with Gasteiger partial charge in [-0.3, -0.25) is 4.79 Å². The molecule has 2 heterocycles. The van der Waals surface area contributed by atoms with Gasteiger partial charge in [0.15, 0.2) is 10.9 Å². The normalized spacial score (nSPS) is 10.7. The molecule has 4 rings (SSSR count). The highest BCUT2D eigenvalue weighted by atomic mass is 32.2. The van der Waals surface area contributed by atoms with Crippen molar-refractivity contribution in [2.24, 2.45) is 0 Å². The summed E-state index contributed by atoms with van der Waals surface area (Å²) in [6.45, 7) is 0.193. The van der Waals surface area contributed by atoms with Gasteiger partial charge in [0.25, 0.3) is 5.91 Å². The molecule has 0 saturated heterocycles. The van der Waals surface area contributed by atoms with Gasteiger partial charge in [0, 0.05) is 35.6 Å². The maximum atomic E-state index is 13.1. The van der Waals surface area contributed by atoms with Gasteiger partial charge in [-0.05, 0) is 29.8 Å². The van der Waals surface area contributed by atoms with Crippen LogP contribution in [0.25, 0.3) is 11.0 Å². The number of esters is 1. The summed E-state index contributed by atoms with van der Waals surface area (Å²) in [5.41, 5.74) is 2.40. The van der Waals surface area contributed by atoms with Crippen molar-refractivity contribution >= 4 is 34.6 Å². The summed E-state index contributed by atoms with van der Waals surface area (Å²) in [4.78, 5) is 33.5. The number of hydrogen-bond donors (Lipinski definition) is 1. The number of ether oxygens (including phenoxy) is 2. The van der Waals surface area contributed by atoms with Crippen molar-refractivity contribution in [3.05, 3.63) is 83.4 Å². The third-order valence-corrected chi connectivity index (χ3v) is 5.82. The summed E-state index contributed by atoms with van der Waals surface area (Å²) in [5.74, 6) is 0.239. The van der Waals surface area contributed by atoms with Crippen molar-refractivity contribution in [2.45, 2.75) is 17.5 Å². The zero-order chi connectivity index (χ0) is 23.2. The fraction of sp³-hybridized carbons (Fsp3) is 0.167. The van der Waals surface area contributed by atoms with Crippen LogP contribution in [0, 0.1) is 0 Å². The van der Waals surface area contributed by atoms with E-state index in [1.54, 1.807) is 36.7 Å². The number of nitrogens with zero attached hydrogens (tertiary/aromatic N) is 2. The van der Waals surface area contributed by atoms with Crippen molar-refractivity contribution in [2.75, 3.05) is 14.2 Å². The molecule has 0 unspecified atom stereocenters. The first-order chi connectivity index (χ1) is 16.1. The molecule has 0 aliphatic rings. The first kappa shape index (κ1) is 22.3. The fourth-order valence-corrected chi connectivity index (χ4v) is 4.15. The number of fused-ring (bicyclic) bond motifs is 1. The van der Waals surface area contributed by atoms with Gasteiger partial charge in [0.2, 0.25) is 0 Å². The molecule has 1 N–H and O–H groups in total. The smallest absolute Gasteiger partial charge is 0.341 e. The molecular formula is C24H21N3O5S. The van der Waals surface area contributed by atoms with Crippen molar-refractivity contribution in [3.63, 3.8) is 0 Å². The molecular weight excluding hydrogens is 442 g/mol. The van der Waals surface area contributed by atoms with Gasteiger partial charge in [-0.25, -0.2) is 14.8 Å². The van der Waals surface area contributed by atoms with E-state index in [0.29, 0.717) is 27.8 Å². The second-order valence-electron chi connectivity index (χ2n) is 6.93. The molecule has 33 heavy (non-hydrogen) atoms. The van der Waals surface area contributed by atoms with Crippen LogP contribution in [0.15, 0.2) is 70.5 Å². The second kappa shape index (κ2) is 10.2. The predicted molar refractivity (Wildman–Crippen MR) is 123 cm³/mol. The highest BCUT2D eigenvalue weighted by Gasteiger charge is 2.21. The van der Waals surface area contributed by atoms with Gasteiger partial charge in [0.05, 0.1) is 14.2 Å². The number of thioether (sulfide) groups is 1. The van der Waals surface area contributed by atoms with Crippen molar-refractivity contribution < 1.29 is 23.5 Å². The number of carbonyl (C=O) groups excluding carboxylic acids is 2. The van der Waals surface area contributed by atoms with E-state index in [1.807, 2.05) is 24.3 Å². The summed E-state index contributed by atoms with van der Waals surface area (Å²) in [7, 11) is 2.78. The molecule has 0 spiro atoms. The van der Waals surface area contributed by atoms with Crippen LogP contribution in [0.2, 0.25) is 0 Å². The van der Waals surface area contributed by atoms with Gasteiger partial charge < -0.3 is 19.2 Å². The number of nitrogens with one attached hydrogen (secondary N) is 1. The van der Waals surface area contributed by atoms with E-state index in [-0.39, 0.29) is 23.8 Å². The number of amides is 1. The minimum Gasteiger partial charge on any atom is -0.496 e. The van der Waals surface area contributed by atoms with Gasteiger partial charge in [-0.2, -0.15) is 0 Å². The van der Waals surface area contributed by atoms with Crippen LogP contribution in [0.5, 0.6) is 5.75 Å². The third kappa shape index (κ3) is 4.98. The lowest BCUT2D eigenvalue weighted by atomic mass is 10.1. The number of hydrogen-bond acceptors (Lipinski definition) is 8. The first-order valence-electron chi connectivity index (χ1n) is 10.0. The van der Waals surface area contributed by atoms with Crippen LogP contribution in [-0.4, -0.2) is 36.1 Å².